The van der Waals surface area contributed by atoms with E-state index >= 15 is 0 Å². The molecule has 3 heteroatoms. The molecule has 1 aromatic rings. The summed E-state index contributed by atoms with van der Waals surface area (Å²) in [4.78, 5) is 11.9. The van der Waals surface area contributed by atoms with Crippen LogP contribution in [0.2, 0.25) is 0 Å². The molecule has 2 fully saturated rings. The van der Waals surface area contributed by atoms with E-state index in [1.807, 2.05) is 23.9 Å². The highest BCUT2D eigenvalue weighted by Gasteiger charge is 2.39. The normalized spacial score (nSPS) is 32.4. The van der Waals surface area contributed by atoms with Crippen LogP contribution in [0, 0.1) is 17.8 Å². The zero-order valence-corrected chi connectivity index (χ0v) is 9.93. The second kappa shape index (κ2) is 3.79. The molecule has 0 aromatic carbocycles. The molecule has 2 saturated carbocycles. The predicted octanol–water partition coefficient (Wildman–Crippen LogP) is 2.11. The standard InChI is InChI=1S/C13H20N2O/c1-2-14-5-6-15(13(14)16)9-12-8-10-3-4-11(12)7-10/h5-6,10-12H,2-4,7-9H2,1H3. The fraction of sp³-hybridized carbons (Fsp3) is 0.769. The molecular formula is C13H20N2O. The molecule has 0 N–H and O–H groups in total. The fourth-order valence-electron chi connectivity index (χ4n) is 3.69. The van der Waals surface area contributed by atoms with Crippen LogP contribution in [0.25, 0.3) is 0 Å². The number of hydrogen-bond donors (Lipinski definition) is 0. The Morgan fingerprint density at radius 3 is 2.62 bits per heavy atom. The summed E-state index contributed by atoms with van der Waals surface area (Å²) in [5.41, 5.74) is 0.172. The summed E-state index contributed by atoms with van der Waals surface area (Å²) in [6, 6.07) is 0. The van der Waals surface area contributed by atoms with Gasteiger partial charge in [-0.05, 0) is 43.9 Å². The number of aryl methyl sites for hydroxylation is 1. The Bertz CT molecular complexity index is 431. The van der Waals surface area contributed by atoms with Crippen LogP contribution in [0.3, 0.4) is 0 Å². The third kappa shape index (κ3) is 1.53. The Labute approximate surface area is 96.1 Å². The second-order valence-electron chi connectivity index (χ2n) is 5.45. The highest BCUT2D eigenvalue weighted by atomic mass is 16.1. The maximum Gasteiger partial charge on any atom is 0.328 e. The van der Waals surface area contributed by atoms with Gasteiger partial charge in [0, 0.05) is 25.5 Å². The maximum absolute atomic E-state index is 11.9. The lowest BCUT2D eigenvalue weighted by Crippen LogP contribution is -2.27. The minimum Gasteiger partial charge on any atom is -0.300 e. The zero-order valence-electron chi connectivity index (χ0n) is 9.93. The number of hydrogen-bond acceptors (Lipinski definition) is 1. The third-order valence-electron chi connectivity index (χ3n) is 4.57. The molecule has 0 amide bonds. The van der Waals surface area contributed by atoms with Gasteiger partial charge in [0.1, 0.15) is 0 Å². The Kier molecular flexibility index (Phi) is 2.41. The topological polar surface area (TPSA) is 26.9 Å². The molecular weight excluding hydrogens is 200 g/mol. The molecule has 3 rings (SSSR count). The van der Waals surface area contributed by atoms with Crippen molar-refractivity contribution in [2.75, 3.05) is 0 Å². The summed E-state index contributed by atoms with van der Waals surface area (Å²) in [6.45, 7) is 3.75. The average Bonchev–Trinajstić information content (AvgIpc) is 2.96. The molecule has 0 aliphatic heterocycles. The number of nitrogens with zero attached hydrogens (tertiary/aromatic N) is 2. The van der Waals surface area contributed by atoms with Gasteiger partial charge in [0.15, 0.2) is 0 Å². The molecule has 88 valence electrons. The average molecular weight is 220 g/mol. The van der Waals surface area contributed by atoms with Gasteiger partial charge >= 0.3 is 5.69 Å². The number of rotatable bonds is 3. The van der Waals surface area contributed by atoms with E-state index in [4.69, 9.17) is 0 Å². The first-order valence-electron chi connectivity index (χ1n) is 6.53. The van der Waals surface area contributed by atoms with Crippen molar-refractivity contribution in [1.82, 2.24) is 9.13 Å². The quantitative estimate of drug-likeness (QED) is 0.766. The molecule has 3 unspecified atom stereocenters. The van der Waals surface area contributed by atoms with Crippen LogP contribution in [0.15, 0.2) is 17.2 Å². The van der Waals surface area contributed by atoms with Gasteiger partial charge in [0.05, 0.1) is 0 Å². The van der Waals surface area contributed by atoms with Crippen LogP contribution >= 0.6 is 0 Å². The van der Waals surface area contributed by atoms with Crippen molar-refractivity contribution in [3.05, 3.63) is 22.9 Å². The van der Waals surface area contributed by atoms with Gasteiger partial charge < -0.3 is 0 Å². The van der Waals surface area contributed by atoms with Crippen molar-refractivity contribution in [3.8, 4) is 0 Å². The van der Waals surface area contributed by atoms with Crippen LogP contribution in [0.4, 0.5) is 0 Å². The molecule has 1 aromatic heterocycles. The van der Waals surface area contributed by atoms with E-state index in [-0.39, 0.29) is 5.69 Å². The van der Waals surface area contributed by atoms with E-state index in [1.54, 1.807) is 4.57 Å². The molecule has 2 aliphatic rings. The van der Waals surface area contributed by atoms with E-state index in [0.29, 0.717) is 0 Å². The highest BCUT2D eigenvalue weighted by molar-refractivity contribution is 4.91. The monoisotopic (exact) mass is 220 g/mol. The van der Waals surface area contributed by atoms with Crippen molar-refractivity contribution < 1.29 is 0 Å². The van der Waals surface area contributed by atoms with Gasteiger partial charge in [-0.2, -0.15) is 0 Å². The Morgan fingerprint density at radius 2 is 2.06 bits per heavy atom. The number of fused-ring (bicyclic) bond motifs is 2. The smallest absolute Gasteiger partial charge is 0.300 e. The van der Waals surface area contributed by atoms with E-state index in [0.717, 1.165) is 30.8 Å². The number of imidazole rings is 1. The summed E-state index contributed by atoms with van der Waals surface area (Å²) in [6.07, 6.45) is 9.49. The van der Waals surface area contributed by atoms with Crippen LogP contribution in [-0.2, 0) is 13.1 Å². The Hall–Kier alpha value is -0.990. The zero-order chi connectivity index (χ0) is 11.1. The molecule has 3 nitrogen and oxygen atoms in total. The van der Waals surface area contributed by atoms with Crippen LogP contribution < -0.4 is 5.69 Å². The molecule has 3 atom stereocenters. The van der Waals surface area contributed by atoms with Gasteiger partial charge in [-0.3, -0.25) is 9.13 Å². The van der Waals surface area contributed by atoms with Gasteiger partial charge in [-0.25, -0.2) is 4.79 Å². The van der Waals surface area contributed by atoms with Crippen molar-refractivity contribution in [2.45, 2.75) is 45.7 Å². The van der Waals surface area contributed by atoms with Gasteiger partial charge in [-0.1, -0.05) is 6.42 Å². The fourth-order valence-corrected chi connectivity index (χ4v) is 3.69. The van der Waals surface area contributed by atoms with Crippen LogP contribution in [0.5, 0.6) is 0 Å². The minimum absolute atomic E-state index is 0.172. The summed E-state index contributed by atoms with van der Waals surface area (Å²) >= 11 is 0. The molecule has 0 saturated heterocycles. The molecule has 0 spiro atoms. The second-order valence-corrected chi connectivity index (χ2v) is 5.45. The van der Waals surface area contributed by atoms with Crippen LogP contribution in [-0.4, -0.2) is 9.13 Å². The van der Waals surface area contributed by atoms with Crippen molar-refractivity contribution in [3.63, 3.8) is 0 Å². The van der Waals surface area contributed by atoms with E-state index in [1.165, 1.54) is 25.7 Å². The first kappa shape index (κ1) is 10.2. The number of aromatic nitrogens is 2. The Balaban J connectivity index is 1.75. The largest absolute Gasteiger partial charge is 0.328 e. The molecule has 2 bridgehead atoms. The molecule has 2 aliphatic carbocycles. The van der Waals surface area contributed by atoms with Gasteiger partial charge in [0.2, 0.25) is 0 Å². The lowest BCUT2D eigenvalue weighted by atomic mass is 9.89. The van der Waals surface area contributed by atoms with Crippen molar-refractivity contribution in [2.24, 2.45) is 17.8 Å². The first-order valence-corrected chi connectivity index (χ1v) is 6.53. The summed E-state index contributed by atoms with van der Waals surface area (Å²) in [5.74, 6) is 2.64. The SMILES string of the molecule is CCn1ccn(CC2CC3CCC2C3)c1=O. The van der Waals surface area contributed by atoms with Gasteiger partial charge in [0.25, 0.3) is 0 Å². The van der Waals surface area contributed by atoms with E-state index in [9.17, 15) is 4.79 Å². The third-order valence-corrected chi connectivity index (χ3v) is 4.57. The molecule has 1 heterocycles. The summed E-state index contributed by atoms with van der Waals surface area (Å²) in [5, 5.41) is 0. The minimum atomic E-state index is 0.172. The lowest BCUT2D eigenvalue weighted by Gasteiger charge is -2.21. The molecule has 16 heavy (non-hydrogen) atoms. The van der Waals surface area contributed by atoms with Crippen molar-refractivity contribution in [1.29, 1.82) is 0 Å². The Morgan fingerprint density at radius 1 is 1.25 bits per heavy atom. The predicted molar refractivity (Wildman–Crippen MR) is 63.3 cm³/mol. The molecule has 0 radical (unpaired) electrons. The highest BCUT2D eigenvalue weighted by Crippen LogP contribution is 2.48. The summed E-state index contributed by atoms with van der Waals surface area (Å²) < 4.78 is 3.70. The maximum atomic E-state index is 11.9. The lowest BCUT2D eigenvalue weighted by molar-refractivity contribution is 0.292. The van der Waals surface area contributed by atoms with E-state index < -0.39 is 0 Å². The van der Waals surface area contributed by atoms with Crippen molar-refractivity contribution >= 4 is 0 Å². The van der Waals surface area contributed by atoms with Gasteiger partial charge in [-0.15, -0.1) is 0 Å². The first-order chi connectivity index (χ1) is 7.78. The summed E-state index contributed by atoms with van der Waals surface area (Å²) in [7, 11) is 0. The van der Waals surface area contributed by atoms with E-state index in [2.05, 4.69) is 0 Å². The van der Waals surface area contributed by atoms with Crippen LogP contribution in [0.1, 0.15) is 32.6 Å².